The number of hydrogen-bond acceptors (Lipinski definition) is 5. The van der Waals surface area contributed by atoms with Crippen molar-refractivity contribution >= 4 is 61.6 Å². The van der Waals surface area contributed by atoms with Crippen molar-refractivity contribution in [1.82, 2.24) is 5.32 Å². The van der Waals surface area contributed by atoms with Crippen LogP contribution in [0.3, 0.4) is 0 Å². The molecule has 3 aromatic rings. The third kappa shape index (κ3) is 8.70. The molecule has 0 aliphatic carbocycles. The number of nitro benzene ring substituents is 1. The van der Waals surface area contributed by atoms with Gasteiger partial charge in [-0.05, 0) is 70.6 Å². The second kappa shape index (κ2) is 15.8. The van der Waals surface area contributed by atoms with E-state index < -0.39 is 16.7 Å². The number of benzene rings is 3. The van der Waals surface area contributed by atoms with E-state index >= 15 is 0 Å². The zero-order chi connectivity index (χ0) is 28.2. The van der Waals surface area contributed by atoms with Gasteiger partial charge in [0.25, 0.3) is 11.6 Å². The van der Waals surface area contributed by atoms with E-state index in [1.807, 2.05) is 41.5 Å². The smallest absolute Gasteiger partial charge is 0.350 e. The summed E-state index contributed by atoms with van der Waals surface area (Å²) in [7, 11) is 0. The van der Waals surface area contributed by atoms with Crippen LogP contribution in [0.1, 0.15) is 57.5 Å². The summed E-state index contributed by atoms with van der Waals surface area (Å²) in [5.74, 6) is -0.332. The summed E-state index contributed by atoms with van der Waals surface area (Å²) in [6.45, 7) is 11.6. The van der Waals surface area contributed by atoms with E-state index in [1.54, 1.807) is 12.1 Å². The van der Waals surface area contributed by atoms with Crippen LogP contribution in [0.2, 0.25) is 0 Å². The molecule has 0 unspecified atom stereocenters. The molecule has 0 aliphatic rings. The Balaban J connectivity index is 0.00000190. The minimum Gasteiger partial charge on any atom is -0.350 e. The maximum absolute atomic E-state index is 12.9. The fraction of sp³-hybridized carbons (Fsp3) is 0.320. The van der Waals surface area contributed by atoms with Crippen molar-refractivity contribution < 1.29 is 22.9 Å². The van der Waals surface area contributed by atoms with Crippen LogP contribution in [-0.2, 0) is 6.18 Å². The van der Waals surface area contributed by atoms with E-state index in [-0.39, 0.29) is 22.1 Å². The first-order valence-corrected chi connectivity index (χ1v) is 13.5. The second-order valence-corrected chi connectivity index (χ2v) is 7.77. The predicted octanol–water partition coefficient (Wildman–Crippen LogP) is 9.15. The molecule has 3 rings (SSSR count). The van der Waals surface area contributed by atoms with Gasteiger partial charge in [-0.25, -0.2) is 0 Å². The average Bonchev–Trinajstić information content (AvgIpc) is 2.87. The normalized spacial score (nSPS) is 10.2. The number of fused-ring (bicyclic) bond motifs is 1. The molecule has 1 N–H and O–H groups in total. The number of amides is 1. The number of rotatable bonds is 4. The van der Waals surface area contributed by atoms with E-state index in [0.717, 1.165) is 12.1 Å². The fourth-order valence-corrected chi connectivity index (χ4v) is 3.66. The molecule has 0 radical (unpaired) electrons. The van der Waals surface area contributed by atoms with Crippen molar-refractivity contribution in [2.45, 2.75) is 53.8 Å². The summed E-state index contributed by atoms with van der Waals surface area (Å²) in [5, 5.41) is 15.3. The molecule has 0 bridgehead atoms. The van der Waals surface area contributed by atoms with Crippen molar-refractivity contribution in [2.75, 3.05) is 0 Å². The molecule has 0 atom stereocenters. The maximum Gasteiger partial charge on any atom is 0.416 e. The second-order valence-electron chi connectivity index (χ2n) is 6.98. The highest BCUT2D eigenvalue weighted by Gasteiger charge is 2.30. The monoisotopic (exact) mass is 606 g/mol. The van der Waals surface area contributed by atoms with Crippen molar-refractivity contribution in [3.05, 3.63) is 74.2 Å². The molecule has 0 aromatic heterocycles. The topological polar surface area (TPSA) is 72.2 Å². The Bertz CT molecular complexity index is 1160. The molecule has 0 saturated carbocycles. The number of hydrogen-bond donors (Lipinski definition) is 3. The van der Waals surface area contributed by atoms with E-state index in [0.29, 0.717) is 27.5 Å². The van der Waals surface area contributed by atoms with Gasteiger partial charge in [-0.3, -0.25) is 14.9 Å². The Morgan fingerprint density at radius 2 is 1.50 bits per heavy atom. The molecular formula is C25H30BrF3N2O3S2. The van der Waals surface area contributed by atoms with E-state index in [9.17, 15) is 28.1 Å². The van der Waals surface area contributed by atoms with Crippen molar-refractivity contribution in [2.24, 2.45) is 0 Å². The van der Waals surface area contributed by atoms with Gasteiger partial charge in [0, 0.05) is 23.1 Å². The third-order valence-corrected chi connectivity index (χ3v) is 5.29. The molecule has 0 aliphatic heterocycles. The average molecular weight is 608 g/mol. The van der Waals surface area contributed by atoms with E-state index in [2.05, 4.69) is 44.6 Å². The van der Waals surface area contributed by atoms with Gasteiger partial charge in [0.1, 0.15) is 4.47 Å². The number of nitrogens with one attached hydrogen (secondary N) is 1. The standard InChI is InChI=1S/C21H16BrF3N2O3.2C2H6.H2S2/c1-11(2)26-20(28)13-5-8-15-16(10-18(27(29)30)19(22)17(15)9-13)12-3-6-14(7-4-12)21(23,24)25;3*1-2/h3-11H,1-2H3,(H,26,28);2*1-2H3;1-2H. The Hall–Kier alpha value is -2.24. The zero-order valence-corrected chi connectivity index (χ0v) is 24.1. The van der Waals surface area contributed by atoms with Gasteiger partial charge in [0.2, 0.25) is 0 Å². The van der Waals surface area contributed by atoms with Gasteiger partial charge < -0.3 is 5.32 Å². The molecule has 11 heteroatoms. The van der Waals surface area contributed by atoms with Crippen LogP contribution in [0.5, 0.6) is 0 Å². The minimum absolute atomic E-state index is 0.0931. The van der Waals surface area contributed by atoms with Gasteiger partial charge in [-0.1, -0.05) is 45.9 Å². The highest BCUT2D eigenvalue weighted by atomic mass is 79.9. The van der Waals surface area contributed by atoms with Gasteiger partial charge in [-0.2, -0.15) is 13.2 Å². The first-order valence-electron chi connectivity index (χ1n) is 11.1. The van der Waals surface area contributed by atoms with Crippen LogP contribution in [0.4, 0.5) is 18.9 Å². The molecule has 0 spiro atoms. The summed E-state index contributed by atoms with van der Waals surface area (Å²) in [6.07, 6.45) is -4.48. The molecule has 198 valence electrons. The number of nitro groups is 1. The number of thiol groups is 2. The van der Waals surface area contributed by atoms with Crippen LogP contribution >= 0.6 is 39.3 Å². The summed E-state index contributed by atoms with van der Waals surface area (Å²) in [6, 6.07) is 10.4. The van der Waals surface area contributed by atoms with E-state index in [1.165, 1.54) is 24.3 Å². The number of carbonyl (C=O) groups is 1. The predicted molar refractivity (Wildman–Crippen MR) is 152 cm³/mol. The van der Waals surface area contributed by atoms with Crippen LogP contribution in [0.25, 0.3) is 21.9 Å². The molecule has 36 heavy (non-hydrogen) atoms. The molecule has 0 fully saturated rings. The largest absolute Gasteiger partial charge is 0.416 e. The lowest BCUT2D eigenvalue weighted by Gasteiger charge is -2.13. The fourth-order valence-electron chi connectivity index (χ4n) is 3.07. The lowest BCUT2D eigenvalue weighted by Crippen LogP contribution is -2.29. The lowest BCUT2D eigenvalue weighted by molar-refractivity contribution is -0.385. The van der Waals surface area contributed by atoms with E-state index in [4.69, 9.17) is 0 Å². The highest BCUT2D eigenvalue weighted by molar-refractivity contribution is 9.10. The molecule has 1 amide bonds. The van der Waals surface area contributed by atoms with Gasteiger partial charge in [0.05, 0.1) is 10.5 Å². The Morgan fingerprint density at radius 3 is 1.94 bits per heavy atom. The Kier molecular flexibility index (Phi) is 14.8. The minimum atomic E-state index is -4.48. The summed E-state index contributed by atoms with van der Waals surface area (Å²) in [4.78, 5) is 23.3. The van der Waals surface area contributed by atoms with Crippen LogP contribution < -0.4 is 5.32 Å². The van der Waals surface area contributed by atoms with Crippen molar-refractivity contribution in [3.8, 4) is 11.1 Å². The molecule has 0 heterocycles. The first-order chi connectivity index (χ1) is 17.0. The van der Waals surface area contributed by atoms with Crippen LogP contribution in [-0.4, -0.2) is 16.9 Å². The van der Waals surface area contributed by atoms with Crippen molar-refractivity contribution in [1.29, 1.82) is 0 Å². The quantitative estimate of drug-likeness (QED) is 0.120. The zero-order valence-electron chi connectivity index (χ0n) is 20.8. The SMILES string of the molecule is CC.CC.CC(C)NC(=O)c1ccc2c(-c3ccc(C(F)(F)F)cc3)cc([N+](=O)[O-])c(Br)c2c1.SS. The van der Waals surface area contributed by atoms with Crippen LogP contribution in [0.15, 0.2) is 53.0 Å². The van der Waals surface area contributed by atoms with Crippen molar-refractivity contribution in [3.63, 3.8) is 0 Å². The summed E-state index contributed by atoms with van der Waals surface area (Å²) < 4.78 is 38.8. The first kappa shape index (κ1) is 33.8. The van der Waals surface area contributed by atoms with Crippen LogP contribution in [0, 0.1) is 10.1 Å². The van der Waals surface area contributed by atoms with Gasteiger partial charge >= 0.3 is 6.18 Å². The van der Waals surface area contributed by atoms with Gasteiger partial charge in [0.15, 0.2) is 0 Å². The summed E-state index contributed by atoms with van der Waals surface area (Å²) in [5.41, 5.74) is 0.0387. The third-order valence-electron chi connectivity index (χ3n) is 4.45. The number of alkyl halides is 3. The Morgan fingerprint density at radius 1 is 0.972 bits per heavy atom. The number of carbonyl (C=O) groups excluding carboxylic acids is 1. The molecular weight excluding hydrogens is 577 g/mol. The number of nitrogens with zero attached hydrogens (tertiary/aromatic N) is 1. The molecule has 3 aromatic carbocycles. The number of halogens is 4. The van der Waals surface area contributed by atoms with Gasteiger partial charge in [-0.15, -0.1) is 23.3 Å². The highest BCUT2D eigenvalue weighted by Crippen LogP contribution is 2.41. The lowest BCUT2D eigenvalue weighted by atomic mass is 9.95. The molecule has 0 saturated heterocycles. The molecule has 5 nitrogen and oxygen atoms in total. The maximum atomic E-state index is 12.9. The summed E-state index contributed by atoms with van der Waals surface area (Å²) >= 11 is 9.68. The Labute approximate surface area is 228 Å².